The molecule has 1 heterocycles. The van der Waals surface area contributed by atoms with Gasteiger partial charge in [0.05, 0.1) is 13.2 Å². The Kier molecular flexibility index (Phi) is 4.95. The van der Waals surface area contributed by atoms with Gasteiger partial charge in [-0.05, 0) is 38.1 Å². The highest BCUT2D eigenvalue weighted by atomic mass is 32.1. The molecule has 5 nitrogen and oxygen atoms in total. The van der Waals surface area contributed by atoms with Crippen LogP contribution in [-0.2, 0) is 4.74 Å². The minimum Gasteiger partial charge on any atom is -0.494 e. The minimum absolute atomic E-state index is 0.324. The third-order valence-electron chi connectivity index (χ3n) is 2.41. The first-order chi connectivity index (χ1) is 9.72. The van der Waals surface area contributed by atoms with E-state index >= 15 is 0 Å². The van der Waals surface area contributed by atoms with E-state index in [-0.39, 0.29) is 0 Å². The second-order valence-corrected chi connectivity index (χ2v) is 4.70. The normalized spacial score (nSPS) is 10.1. The SMILES string of the molecule is CCOC(=O)c1csc(Nc2ccc(OCC)cc2)n1. The Morgan fingerprint density at radius 3 is 2.65 bits per heavy atom. The van der Waals surface area contributed by atoms with Gasteiger partial charge in [-0.1, -0.05) is 0 Å². The number of hydrogen-bond donors (Lipinski definition) is 1. The first kappa shape index (κ1) is 14.3. The molecule has 0 aliphatic carbocycles. The highest BCUT2D eigenvalue weighted by Gasteiger charge is 2.11. The number of anilines is 2. The number of esters is 1. The molecule has 106 valence electrons. The van der Waals surface area contributed by atoms with Crippen molar-refractivity contribution in [2.24, 2.45) is 0 Å². The molecular weight excluding hydrogens is 276 g/mol. The van der Waals surface area contributed by atoms with E-state index in [0.29, 0.717) is 24.0 Å². The maximum atomic E-state index is 11.5. The summed E-state index contributed by atoms with van der Waals surface area (Å²) in [6.07, 6.45) is 0. The zero-order valence-electron chi connectivity index (χ0n) is 11.4. The van der Waals surface area contributed by atoms with E-state index in [0.717, 1.165) is 11.4 Å². The summed E-state index contributed by atoms with van der Waals surface area (Å²) < 4.78 is 10.3. The van der Waals surface area contributed by atoms with E-state index in [4.69, 9.17) is 9.47 Å². The second-order valence-electron chi connectivity index (χ2n) is 3.84. The van der Waals surface area contributed by atoms with Crippen LogP contribution in [0.25, 0.3) is 0 Å². The van der Waals surface area contributed by atoms with E-state index in [1.807, 2.05) is 31.2 Å². The van der Waals surface area contributed by atoms with Crippen LogP contribution in [0.4, 0.5) is 10.8 Å². The molecule has 0 fully saturated rings. The molecule has 1 N–H and O–H groups in total. The molecular formula is C14H16N2O3S. The number of aromatic nitrogens is 1. The molecule has 0 unspecified atom stereocenters. The molecule has 1 aromatic heterocycles. The number of nitrogens with one attached hydrogen (secondary N) is 1. The van der Waals surface area contributed by atoms with Gasteiger partial charge in [-0.15, -0.1) is 11.3 Å². The number of nitrogens with zero attached hydrogens (tertiary/aromatic N) is 1. The van der Waals surface area contributed by atoms with Crippen LogP contribution in [0.5, 0.6) is 5.75 Å². The second kappa shape index (κ2) is 6.91. The van der Waals surface area contributed by atoms with Gasteiger partial charge in [-0.25, -0.2) is 9.78 Å². The monoisotopic (exact) mass is 292 g/mol. The van der Waals surface area contributed by atoms with Crippen molar-refractivity contribution in [1.82, 2.24) is 4.98 Å². The van der Waals surface area contributed by atoms with Crippen LogP contribution in [0.3, 0.4) is 0 Å². The molecule has 20 heavy (non-hydrogen) atoms. The van der Waals surface area contributed by atoms with E-state index in [2.05, 4.69) is 10.3 Å². The highest BCUT2D eigenvalue weighted by molar-refractivity contribution is 7.14. The van der Waals surface area contributed by atoms with Gasteiger partial charge < -0.3 is 14.8 Å². The van der Waals surface area contributed by atoms with Crippen molar-refractivity contribution in [3.63, 3.8) is 0 Å². The van der Waals surface area contributed by atoms with E-state index in [9.17, 15) is 4.79 Å². The summed E-state index contributed by atoms with van der Waals surface area (Å²) in [4.78, 5) is 15.7. The van der Waals surface area contributed by atoms with Crippen molar-refractivity contribution in [1.29, 1.82) is 0 Å². The fourth-order valence-corrected chi connectivity index (χ4v) is 2.25. The first-order valence-electron chi connectivity index (χ1n) is 6.35. The molecule has 0 bridgehead atoms. The topological polar surface area (TPSA) is 60.5 Å². The zero-order chi connectivity index (χ0) is 14.4. The number of carbonyl (C=O) groups is 1. The number of benzene rings is 1. The summed E-state index contributed by atoms with van der Waals surface area (Å²) in [5.74, 6) is 0.424. The van der Waals surface area contributed by atoms with Gasteiger partial charge in [0.2, 0.25) is 0 Å². The van der Waals surface area contributed by atoms with Gasteiger partial charge >= 0.3 is 5.97 Å². The Bertz CT molecular complexity index is 566. The molecule has 0 aliphatic rings. The number of carbonyl (C=O) groups excluding carboxylic acids is 1. The highest BCUT2D eigenvalue weighted by Crippen LogP contribution is 2.23. The fourth-order valence-electron chi connectivity index (χ4n) is 1.55. The van der Waals surface area contributed by atoms with Crippen molar-refractivity contribution in [2.45, 2.75) is 13.8 Å². The number of thiazole rings is 1. The van der Waals surface area contributed by atoms with E-state index in [1.54, 1.807) is 12.3 Å². The van der Waals surface area contributed by atoms with Crippen molar-refractivity contribution >= 4 is 28.1 Å². The summed E-state index contributed by atoms with van der Waals surface area (Å²) in [5.41, 5.74) is 1.21. The van der Waals surface area contributed by atoms with Gasteiger partial charge in [0.15, 0.2) is 10.8 Å². The lowest BCUT2D eigenvalue weighted by Crippen LogP contribution is -2.04. The van der Waals surface area contributed by atoms with E-state index < -0.39 is 5.97 Å². The van der Waals surface area contributed by atoms with Crippen molar-refractivity contribution < 1.29 is 14.3 Å². The van der Waals surface area contributed by atoms with Gasteiger partial charge in [0.25, 0.3) is 0 Å². The standard InChI is InChI=1S/C14H16N2O3S/c1-3-18-11-7-5-10(6-8-11)15-14-16-12(9-20-14)13(17)19-4-2/h5-9H,3-4H2,1-2H3,(H,15,16). The Balaban J connectivity index is 2.01. The Hall–Kier alpha value is -2.08. The third kappa shape index (κ3) is 3.71. The van der Waals surface area contributed by atoms with Gasteiger partial charge in [0.1, 0.15) is 5.75 Å². The lowest BCUT2D eigenvalue weighted by atomic mass is 10.3. The molecule has 6 heteroatoms. The molecule has 0 aliphatic heterocycles. The van der Waals surface area contributed by atoms with Crippen molar-refractivity contribution in [3.8, 4) is 5.75 Å². The van der Waals surface area contributed by atoms with Crippen LogP contribution < -0.4 is 10.1 Å². The van der Waals surface area contributed by atoms with Crippen LogP contribution in [0.2, 0.25) is 0 Å². The average molecular weight is 292 g/mol. The maximum absolute atomic E-state index is 11.5. The van der Waals surface area contributed by atoms with Crippen LogP contribution in [0.1, 0.15) is 24.3 Å². The molecule has 0 radical (unpaired) electrons. The Morgan fingerprint density at radius 1 is 1.25 bits per heavy atom. The molecule has 0 spiro atoms. The Morgan fingerprint density at radius 2 is 2.00 bits per heavy atom. The molecule has 2 aromatic rings. The summed E-state index contributed by atoms with van der Waals surface area (Å²) in [6, 6.07) is 7.56. The molecule has 1 aromatic carbocycles. The quantitative estimate of drug-likeness (QED) is 0.826. The molecule has 0 saturated heterocycles. The minimum atomic E-state index is -0.400. The predicted octanol–water partition coefficient (Wildman–Crippen LogP) is 3.46. The van der Waals surface area contributed by atoms with Crippen molar-refractivity contribution in [2.75, 3.05) is 18.5 Å². The van der Waals surface area contributed by atoms with Crippen LogP contribution in [-0.4, -0.2) is 24.2 Å². The fraction of sp³-hybridized carbons (Fsp3) is 0.286. The van der Waals surface area contributed by atoms with Gasteiger partial charge in [0, 0.05) is 11.1 Å². The molecule has 0 atom stereocenters. The van der Waals surface area contributed by atoms with Crippen molar-refractivity contribution in [3.05, 3.63) is 35.3 Å². The molecule has 0 saturated carbocycles. The number of hydrogen-bond acceptors (Lipinski definition) is 6. The average Bonchev–Trinajstić information content (AvgIpc) is 2.90. The summed E-state index contributed by atoms with van der Waals surface area (Å²) >= 11 is 1.36. The number of ether oxygens (including phenoxy) is 2. The smallest absolute Gasteiger partial charge is 0.357 e. The lowest BCUT2D eigenvalue weighted by Gasteiger charge is -2.05. The zero-order valence-corrected chi connectivity index (χ0v) is 12.2. The first-order valence-corrected chi connectivity index (χ1v) is 7.23. The number of rotatable bonds is 6. The largest absolute Gasteiger partial charge is 0.494 e. The van der Waals surface area contributed by atoms with E-state index in [1.165, 1.54) is 11.3 Å². The Labute approximate surface area is 121 Å². The predicted molar refractivity (Wildman–Crippen MR) is 79.0 cm³/mol. The summed E-state index contributed by atoms with van der Waals surface area (Å²) in [6.45, 7) is 4.70. The molecule has 0 amide bonds. The lowest BCUT2D eigenvalue weighted by molar-refractivity contribution is 0.0520. The summed E-state index contributed by atoms with van der Waals surface area (Å²) in [7, 11) is 0. The molecule has 2 rings (SSSR count). The third-order valence-corrected chi connectivity index (χ3v) is 3.16. The van der Waals surface area contributed by atoms with Crippen LogP contribution in [0.15, 0.2) is 29.6 Å². The maximum Gasteiger partial charge on any atom is 0.357 e. The summed E-state index contributed by atoms with van der Waals surface area (Å²) in [5, 5.41) is 5.46. The van der Waals surface area contributed by atoms with Gasteiger partial charge in [-0.3, -0.25) is 0 Å². The van der Waals surface area contributed by atoms with Crippen LogP contribution >= 0.6 is 11.3 Å². The van der Waals surface area contributed by atoms with Gasteiger partial charge in [-0.2, -0.15) is 0 Å². The van der Waals surface area contributed by atoms with Crippen LogP contribution in [0, 0.1) is 0 Å².